The van der Waals surface area contributed by atoms with Crippen molar-refractivity contribution in [2.24, 2.45) is 0 Å². The summed E-state index contributed by atoms with van der Waals surface area (Å²) in [5.41, 5.74) is 4.23. The fraction of sp³-hybridized carbons (Fsp3) is 0.269. The molecule has 0 aromatic heterocycles. The van der Waals surface area contributed by atoms with Crippen molar-refractivity contribution in [3.05, 3.63) is 89.5 Å². The molecule has 0 spiro atoms. The Labute approximate surface area is 194 Å². The van der Waals surface area contributed by atoms with Crippen LogP contribution in [-0.2, 0) is 27.7 Å². The first-order chi connectivity index (χ1) is 16.0. The fourth-order valence-electron chi connectivity index (χ4n) is 4.68. The van der Waals surface area contributed by atoms with Crippen molar-refractivity contribution in [2.75, 3.05) is 17.5 Å². The molecule has 0 saturated carbocycles. The molecular formula is C26H26N2O4S. The van der Waals surface area contributed by atoms with Gasteiger partial charge in [0.15, 0.2) is 6.61 Å². The smallest absolute Gasteiger partial charge is 0.264 e. The summed E-state index contributed by atoms with van der Waals surface area (Å²) in [7, 11) is -3.65. The number of anilines is 1. The van der Waals surface area contributed by atoms with Crippen LogP contribution >= 0.6 is 0 Å². The van der Waals surface area contributed by atoms with E-state index >= 15 is 0 Å². The van der Waals surface area contributed by atoms with E-state index in [2.05, 4.69) is 17.4 Å². The van der Waals surface area contributed by atoms with Gasteiger partial charge >= 0.3 is 0 Å². The molecule has 0 fully saturated rings. The Bertz CT molecular complexity index is 1270. The van der Waals surface area contributed by atoms with Crippen LogP contribution in [0.4, 0.5) is 5.69 Å². The molecule has 6 nitrogen and oxygen atoms in total. The molecule has 0 radical (unpaired) electrons. The van der Waals surface area contributed by atoms with Crippen molar-refractivity contribution in [1.82, 2.24) is 5.32 Å². The van der Waals surface area contributed by atoms with Gasteiger partial charge < -0.3 is 10.1 Å². The highest BCUT2D eigenvalue weighted by atomic mass is 32.2. The van der Waals surface area contributed by atoms with Gasteiger partial charge in [-0.1, -0.05) is 42.5 Å². The van der Waals surface area contributed by atoms with Crippen LogP contribution in [0.3, 0.4) is 0 Å². The van der Waals surface area contributed by atoms with Crippen molar-refractivity contribution in [1.29, 1.82) is 0 Å². The average Bonchev–Trinajstić information content (AvgIpc) is 3.28. The second-order valence-corrected chi connectivity index (χ2v) is 10.3. The minimum absolute atomic E-state index is 0.00177. The Hall–Kier alpha value is -3.32. The van der Waals surface area contributed by atoms with E-state index < -0.39 is 10.0 Å². The molecule has 1 aliphatic heterocycles. The molecule has 2 aliphatic rings. The number of para-hydroxylation sites is 1. The van der Waals surface area contributed by atoms with E-state index in [-0.39, 0.29) is 23.5 Å². The Morgan fingerprint density at radius 1 is 0.939 bits per heavy atom. The van der Waals surface area contributed by atoms with E-state index in [0.29, 0.717) is 18.7 Å². The molecule has 7 heteroatoms. The number of benzene rings is 3. The number of fused-ring (bicyclic) bond motifs is 2. The number of aryl methyl sites for hydroxylation is 1. The third-order valence-corrected chi connectivity index (χ3v) is 8.16. The quantitative estimate of drug-likeness (QED) is 0.601. The number of nitrogens with zero attached hydrogens (tertiary/aromatic N) is 1. The van der Waals surface area contributed by atoms with Crippen LogP contribution in [-0.4, -0.2) is 27.5 Å². The van der Waals surface area contributed by atoms with E-state index in [4.69, 9.17) is 4.74 Å². The van der Waals surface area contributed by atoms with E-state index in [9.17, 15) is 13.2 Å². The van der Waals surface area contributed by atoms with Gasteiger partial charge in [-0.3, -0.25) is 9.10 Å². The number of carbonyl (C=O) groups is 1. The molecule has 3 aromatic carbocycles. The average molecular weight is 463 g/mol. The highest BCUT2D eigenvalue weighted by Gasteiger charge is 2.30. The van der Waals surface area contributed by atoms with E-state index in [1.54, 1.807) is 12.1 Å². The van der Waals surface area contributed by atoms with Gasteiger partial charge in [0, 0.05) is 6.54 Å². The summed E-state index contributed by atoms with van der Waals surface area (Å²) in [4.78, 5) is 12.7. The molecule has 3 aromatic rings. The normalized spacial score (nSPS) is 17.2. The molecule has 1 heterocycles. The molecule has 0 unspecified atom stereocenters. The van der Waals surface area contributed by atoms with Crippen LogP contribution < -0.4 is 14.4 Å². The zero-order chi connectivity index (χ0) is 22.8. The lowest BCUT2D eigenvalue weighted by molar-refractivity contribution is -0.124. The second-order valence-electron chi connectivity index (χ2n) is 8.43. The predicted molar refractivity (Wildman–Crippen MR) is 127 cm³/mol. The first-order valence-corrected chi connectivity index (χ1v) is 12.7. The molecule has 170 valence electrons. The number of amides is 1. The number of nitrogens with one attached hydrogen (secondary N) is 1. The minimum atomic E-state index is -3.65. The summed E-state index contributed by atoms with van der Waals surface area (Å²) in [5.74, 6) is 0.261. The molecule has 1 N–H and O–H groups in total. The van der Waals surface area contributed by atoms with Gasteiger partial charge in [-0.05, 0) is 72.7 Å². The number of rotatable bonds is 6. The highest BCUT2D eigenvalue weighted by Crippen LogP contribution is 2.33. The van der Waals surface area contributed by atoms with Crippen molar-refractivity contribution < 1.29 is 17.9 Å². The van der Waals surface area contributed by atoms with Gasteiger partial charge in [0.1, 0.15) is 5.75 Å². The fourth-order valence-corrected chi connectivity index (χ4v) is 6.18. The summed E-state index contributed by atoms with van der Waals surface area (Å²) >= 11 is 0. The molecule has 1 amide bonds. The molecule has 0 bridgehead atoms. The molecule has 0 saturated heterocycles. The molecule has 1 atom stereocenters. The monoisotopic (exact) mass is 462 g/mol. The lowest BCUT2D eigenvalue weighted by Gasteiger charge is -2.26. The first-order valence-electron chi connectivity index (χ1n) is 11.2. The largest absolute Gasteiger partial charge is 0.484 e. The second kappa shape index (κ2) is 8.90. The minimum Gasteiger partial charge on any atom is -0.484 e. The zero-order valence-electron chi connectivity index (χ0n) is 18.2. The molecule has 1 aliphatic carbocycles. The molecule has 33 heavy (non-hydrogen) atoms. The van der Waals surface area contributed by atoms with Crippen molar-refractivity contribution in [2.45, 2.75) is 36.6 Å². The van der Waals surface area contributed by atoms with Gasteiger partial charge in [0.05, 0.1) is 16.6 Å². The van der Waals surface area contributed by atoms with Crippen LogP contribution in [0.5, 0.6) is 5.75 Å². The van der Waals surface area contributed by atoms with Crippen LogP contribution in [0.2, 0.25) is 0 Å². The van der Waals surface area contributed by atoms with Crippen molar-refractivity contribution in [3.8, 4) is 5.75 Å². The summed E-state index contributed by atoms with van der Waals surface area (Å²) in [6.45, 7) is 0.314. The maximum absolute atomic E-state index is 13.1. The maximum Gasteiger partial charge on any atom is 0.264 e. The Balaban J connectivity index is 1.21. The highest BCUT2D eigenvalue weighted by molar-refractivity contribution is 7.92. The Morgan fingerprint density at radius 3 is 2.48 bits per heavy atom. The molecular weight excluding hydrogens is 436 g/mol. The number of carbonyl (C=O) groups excluding carboxylic acids is 1. The van der Waals surface area contributed by atoms with E-state index in [1.165, 1.54) is 27.6 Å². The Morgan fingerprint density at radius 2 is 1.67 bits per heavy atom. The van der Waals surface area contributed by atoms with Crippen LogP contribution in [0.1, 0.15) is 35.6 Å². The van der Waals surface area contributed by atoms with Gasteiger partial charge in [-0.15, -0.1) is 0 Å². The maximum atomic E-state index is 13.1. The molecule has 5 rings (SSSR count). The summed E-state index contributed by atoms with van der Waals surface area (Å²) in [6, 6.07) is 22.0. The summed E-state index contributed by atoms with van der Waals surface area (Å²) in [6.07, 6.45) is 3.70. The van der Waals surface area contributed by atoms with E-state index in [0.717, 1.165) is 30.5 Å². The first kappa shape index (κ1) is 21.5. The van der Waals surface area contributed by atoms with Gasteiger partial charge in [-0.25, -0.2) is 8.42 Å². The Kier molecular flexibility index (Phi) is 5.81. The van der Waals surface area contributed by atoms with Crippen LogP contribution in [0.25, 0.3) is 0 Å². The number of ether oxygens (including phenoxy) is 1. The van der Waals surface area contributed by atoms with Crippen molar-refractivity contribution >= 4 is 21.6 Å². The van der Waals surface area contributed by atoms with Gasteiger partial charge in [0.2, 0.25) is 0 Å². The summed E-state index contributed by atoms with van der Waals surface area (Å²) < 4.78 is 33.3. The van der Waals surface area contributed by atoms with Crippen LogP contribution in [0, 0.1) is 0 Å². The SMILES string of the molecule is O=C(COc1ccc(S(=O)(=O)N2CCc3ccccc32)cc1)N[C@H]1CCCc2ccccc21. The standard InChI is InChI=1S/C26H26N2O4S/c29-26(27-24-10-5-8-19-6-1-3-9-23(19)24)18-32-21-12-14-22(15-13-21)33(30,31)28-17-16-20-7-2-4-11-25(20)28/h1-4,6-7,9,11-15,24H,5,8,10,16-18H2,(H,27,29)/t24-/m0/s1. The third-order valence-electron chi connectivity index (χ3n) is 6.33. The lowest BCUT2D eigenvalue weighted by atomic mass is 9.88. The van der Waals surface area contributed by atoms with Gasteiger partial charge in [0.25, 0.3) is 15.9 Å². The zero-order valence-corrected chi connectivity index (χ0v) is 19.1. The van der Waals surface area contributed by atoms with Crippen LogP contribution in [0.15, 0.2) is 77.7 Å². The van der Waals surface area contributed by atoms with Crippen molar-refractivity contribution in [3.63, 3.8) is 0 Å². The number of hydrogen-bond acceptors (Lipinski definition) is 4. The summed E-state index contributed by atoms with van der Waals surface area (Å²) in [5, 5.41) is 3.06. The lowest BCUT2D eigenvalue weighted by Crippen LogP contribution is -2.34. The van der Waals surface area contributed by atoms with Gasteiger partial charge in [-0.2, -0.15) is 0 Å². The predicted octanol–water partition coefficient (Wildman–Crippen LogP) is 4.01. The number of sulfonamides is 1. The van der Waals surface area contributed by atoms with E-state index in [1.807, 2.05) is 36.4 Å². The third kappa shape index (κ3) is 4.33. The number of hydrogen-bond donors (Lipinski definition) is 1. The topological polar surface area (TPSA) is 75.7 Å².